The minimum Gasteiger partial charge on any atom is -0.406 e. The number of anilines is 1. The molecule has 0 spiro atoms. The van der Waals surface area contributed by atoms with Gasteiger partial charge >= 0.3 is 6.01 Å². The molecular weight excluding hydrogens is 234 g/mol. The standard InChI is InChI=1S/C11H21N5O2/c1-6-12-7(2)9-14-15-11(18-9)13-8(3)10(17)16(4)5/h7-8,12H,6H2,1-5H3,(H,13,15). The van der Waals surface area contributed by atoms with Crippen LogP contribution in [-0.4, -0.2) is 47.7 Å². The lowest BCUT2D eigenvalue weighted by atomic mass is 10.3. The molecule has 2 unspecified atom stereocenters. The lowest BCUT2D eigenvalue weighted by Crippen LogP contribution is -2.36. The topological polar surface area (TPSA) is 83.3 Å². The van der Waals surface area contributed by atoms with E-state index in [1.807, 2.05) is 13.8 Å². The summed E-state index contributed by atoms with van der Waals surface area (Å²) in [6.45, 7) is 6.51. The number of carbonyl (C=O) groups is 1. The van der Waals surface area contributed by atoms with Crippen molar-refractivity contribution in [3.05, 3.63) is 5.89 Å². The van der Waals surface area contributed by atoms with Gasteiger partial charge in [0.05, 0.1) is 6.04 Å². The lowest BCUT2D eigenvalue weighted by Gasteiger charge is -2.16. The highest BCUT2D eigenvalue weighted by Gasteiger charge is 2.18. The van der Waals surface area contributed by atoms with E-state index in [1.165, 1.54) is 4.90 Å². The van der Waals surface area contributed by atoms with Crippen LogP contribution in [0.1, 0.15) is 32.7 Å². The van der Waals surface area contributed by atoms with Crippen LogP contribution in [0.4, 0.5) is 6.01 Å². The van der Waals surface area contributed by atoms with Crippen LogP contribution in [0.3, 0.4) is 0 Å². The third-order valence-corrected chi connectivity index (χ3v) is 2.47. The zero-order valence-corrected chi connectivity index (χ0v) is 11.5. The summed E-state index contributed by atoms with van der Waals surface area (Å²) in [6.07, 6.45) is 0. The van der Waals surface area contributed by atoms with Crippen molar-refractivity contribution in [2.45, 2.75) is 32.9 Å². The van der Waals surface area contributed by atoms with E-state index in [-0.39, 0.29) is 18.0 Å². The van der Waals surface area contributed by atoms with Crippen molar-refractivity contribution in [1.82, 2.24) is 20.4 Å². The maximum Gasteiger partial charge on any atom is 0.316 e. The van der Waals surface area contributed by atoms with E-state index < -0.39 is 6.04 Å². The highest BCUT2D eigenvalue weighted by molar-refractivity contribution is 5.83. The van der Waals surface area contributed by atoms with E-state index in [2.05, 4.69) is 20.8 Å². The summed E-state index contributed by atoms with van der Waals surface area (Å²) in [5, 5.41) is 13.8. The molecule has 1 aromatic rings. The molecule has 1 heterocycles. The quantitative estimate of drug-likeness (QED) is 0.775. The molecule has 0 fully saturated rings. The maximum atomic E-state index is 11.7. The van der Waals surface area contributed by atoms with Crippen LogP contribution in [0.5, 0.6) is 0 Å². The van der Waals surface area contributed by atoms with Crippen molar-refractivity contribution in [3.63, 3.8) is 0 Å². The molecule has 0 aromatic carbocycles. The van der Waals surface area contributed by atoms with Crippen molar-refractivity contribution >= 4 is 11.9 Å². The second-order valence-corrected chi connectivity index (χ2v) is 4.32. The SMILES string of the molecule is CCNC(C)c1nnc(NC(C)C(=O)N(C)C)o1. The van der Waals surface area contributed by atoms with E-state index in [0.717, 1.165) is 6.54 Å². The Labute approximate surface area is 107 Å². The molecule has 0 bridgehead atoms. The minimum atomic E-state index is -0.400. The Morgan fingerprint density at radius 3 is 2.61 bits per heavy atom. The molecule has 2 N–H and O–H groups in total. The largest absolute Gasteiger partial charge is 0.406 e. The number of nitrogens with zero attached hydrogens (tertiary/aromatic N) is 3. The summed E-state index contributed by atoms with van der Waals surface area (Å²) in [5.41, 5.74) is 0. The summed E-state index contributed by atoms with van der Waals surface area (Å²) < 4.78 is 5.43. The fourth-order valence-electron chi connectivity index (χ4n) is 1.50. The van der Waals surface area contributed by atoms with Gasteiger partial charge in [-0.1, -0.05) is 12.0 Å². The first-order valence-corrected chi connectivity index (χ1v) is 6.00. The van der Waals surface area contributed by atoms with Crippen LogP contribution in [0, 0.1) is 0 Å². The first-order chi connectivity index (χ1) is 8.45. The van der Waals surface area contributed by atoms with Crippen LogP contribution in [-0.2, 0) is 4.79 Å². The van der Waals surface area contributed by atoms with Crippen LogP contribution >= 0.6 is 0 Å². The van der Waals surface area contributed by atoms with Crippen LogP contribution in [0.15, 0.2) is 4.42 Å². The fraction of sp³-hybridized carbons (Fsp3) is 0.727. The molecule has 7 nitrogen and oxygen atoms in total. The Kier molecular flexibility index (Phi) is 5.08. The Morgan fingerprint density at radius 2 is 2.06 bits per heavy atom. The Hall–Kier alpha value is -1.63. The number of aromatic nitrogens is 2. The van der Waals surface area contributed by atoms with Gasteiger partial charge in [0.15, 0.2) is 0 Å². The molecule has 7 heteroatoms. The predicted octanol–water partition coefficient (Wildman–Crippen LogP) is 0.629. The summed E-state index contributed by atoms with van der Waals surface area (Å²) in [7, 11) is 3.40. The van der Waals surface area contributed by atoms with Gasteiger partial charge in [0.1, 0.15) is 6.04 Å². The van der Waals surface area contributed by atoms with E-state index in [9.17, 15) is 4.79 Å². The molecule has 2 atom stereocenters. The molecule has 1 aromatic heterocycles. The molecule has 0 saturated carbocycles. The highest BCUT2D eigenvalue weighted by Crippen LogP contribution is 2.14. The minimum absolute atomic E-state index is 0.00194. The summed E-state index contributed by atoms with van der Waals surface area (Å²) in [5.74, 6) is 0.457. The molecule has 102 valence electrons. The van der Waals surface area contributed by atoms with Gasteiger partial charge in [-0.25, -0.2) is 0 Å². The Bertz CT molecular complexity index is 391. The monoisotopic (exact) mass is 255 g/mol. The number of amides is 1. The third-order valence-electron chi connectivity index (χ3n) is 2.47. The first kappa shape index (κ1) is 14.4. The zero-order chi connectivity index (χ0) is 13.7. The number of carbonyl (C=O) groups excluding carboxylic acids is 1. The number of likely N-dealkylation sites (N-methyl/N-ethyl adjacent to an activating group) is 1. The van der Waals surface area contributed by atoms with Gasteiger partial charge in [0, 0.05) is 14.1 Å². The molecule has 1 amide bonds. The van der Waals surface area contributed by atoms with Gasteiger partial charge in [0.25, 0.3) is 0 Å². The third kappa shape index (κ3) is 3.69. The second kappa shape index (κ2) is 6.34. The number of rotatable bonds is 6. The second-order valence-electron chi connectivity index (χ2n) is 4.32. The summed E-state index contributed by atoms with van der Waals surface area (Å²) in [6, 6.07) is -0.141. The molecule has 0 aliphatic rings. The molecule has 18 heavy (non-hydrogen) atoms. The van der Waals surface area contributed by atoms with Gasteiger partial charge in [-0.15, -0.1) is 5.10 Å². The molecule has 0 radical (unpaired) electrons. The number of nitrogens with one attached hydrogen (secondary N) is 2. The number of hydrogen-bond donors (Lipinski definition) is 2. The number of hydrogen-bond acceptors (Lipinski definition) is 6. The summed E-state index contributed by atoms with van der Waals surface area (Å²) >= 11 is 0. The first-order valence-electron chi connectivity index (χ1n) is 6.00. The van der Waals surface area contributed by atoms with Crippen molar-refractivity contribution in [1.29, 1.82) is 0 Å². The molecular formula is C11H21N5O2. The normalized spacial score (nSPS) is 14.1. The average molecular weight is 255 g/mol. The molecule has 0 aliphatic heterocycles. The Morgan fingerprint density at radius 1 is 1.39 bits per heavy atom. The van der Waals surface area contributed by atoms with Gasteiger partial charge in [-0.05, 0) is 20.4 Å². The molecule has 1 rings (SSSR count). The predicted molar refractivity (Wildman–Crippen MR) is 68.2 cm³/mol. The van der Waals surface area contributed by atoms with Gasteiger partial charge in [-0.2, -0.15) is 0 Å². The van der Waals surface area contributed by atoms with Crippen molar-refractivity contribution in [2.24, 2.45) is 0 Å². The van der Waals surface area contributed by atoms with E-state index in [0.29, 0.717) is 5.89 Å². The zero-order valence-electron chi connectivity index (χ0n) is 11.5. The van der Waals surface area contributed by atoms with Crippen molar-refractivity contribution in [2.75, 3.05) is 26.0 Å². The van der Waals surface area contributed by atoms with Crippen LogP contribution in [0.2, 0.25) is 0 Å². The van der Waals surface area contributed by atoms with Crippen LogP contribution < -0.4 is 10.6 Å². The van der Waals surface area contributed by atoms with Crippen LogP contribution in [0.25, 0.3) is 0 Å². The Balaban J connectivity index is 2.61. The van der Waals surface area contributed by atoms with E-state index in [1.54, 1.807) is 21.0 Å². The van der Waals surface area contributed by atoms with Gasteiger partial charge in [0.2, 0.25) is 11.8 Å². The fourth-order valence-corrected chi connectivity index (χ4v) is 1.50. The van der Waals surface area contributed by atoms with E-state index in [4.69, 9.17) is 4.42 Å². The molecule has 0 aliphatic carbocycles. The summed E-state index contributed by atoms with van der Waals surface area (Å²) in [4.78, 5) is 13.2. The molecule has 0 saturated heterocycles. The smallest absolute Gasteiger partial charge is 0.316 e. The average Bonchev–Trinajstić information content (AvgIpc) is 2.76. The van der Waals surface area contributed by atoms with E-state index >= 15 is 0 Å². The lowest BCUT2D eigenvalue weighted by molar-refractivity contribution is -0.129. The van der Waals surface area contributed by atoms with Crippen molar-refractivity contribution < 1.29 is 9.21 Å². The van der Waals surface area contributed by atoms with Gasteiger partial charge < -0.3 is 20.0 Å². The maximum absolute atomic E-state index is 11.7. The highest BCUT2D eigenvalue weighted by atomic mass is 16.4. The van der Waals surface area contributed by atoms with Gasteiger partial charge in [-0.3, -0.25) is 4.79 Å². The van der Waals surface area contributed by atoms with Crippen molar-refractivity contribution in [3.8, 4) is 0 Å².